The van der Waals surface area contributed by atoms with Crippen molar-refractivity contribution >= 4 is 5.97 Å². The van der Waals surface area contributed by atoms with E-state index in [4.69, 9.17) is 4.74 Å². The number of ether oxygens (including phenoxy) is 1. The largest absolute Gasteiger partial charge is 0.427 e. The van der Waals surface area contributed by atoms with E-state index in [0.717, 1.165) is 0 Å². The summed E-state index contributed by atoms with van der Waals surface area (Å²) in [5, 5.41) is 10.8. The second-order valence-corrected chi connectivity index (χ2v) is 4.17. The van der Waals surface area contributed by atoms with Gasteiger partial charge < -0.3 is 4.74 Å². The number of carbonyl (C=O) groups is 1. The third-order valence-corrected chi connectivity index (χ3v) is 2.79. The van der Waals surface area contributed by atoms with Crippen molar-refractivity contribution in [2.24, 2.45) is 0 Å². The predicted octanol–water partition coefficient (Wildman–Crippen LogP) is 3.64. The zero-order valence-electron chi connectivity index (χ0n) is 11.8. The fraction of sp³-hybridized carbons (Fsp3) is 0.267. The molecule has 0 radical (unpaired) electrons. The molecule has 0 saturated carbocycles. The van der Waals surface area contributed by atoms with E-state index in [9.17, 15) is 19.3 Å². The van der Waals surface area contributed by atoms with Gasteiger partial charge in [-0.25, -0.2) is 4.39 Å². The van der Waals surface area contributed by atoms with Crippen LogP contribution in [0.3, 0.4) is 0 Å². The van der Waals surface area contributed by atoms with E-state index in [2.05, 4.69) is 0 Å². The summed E-state index contributed by atoms with van der Waals surface area (Å²) in [6, 6.07) is 5.06. The minimum atomic E-state index is -0.528. The van der Waals surface area contributed by atoms with Crippen molar-refractivity contribution in [2.75, 3.05) is 0 Å². The summed E-state index contributed by atoms with van der Waals surface area (Å²) in [6.45, 7) is 3.24. The van der Waals surface area contributed by atoms with Gasteiger partial charge in [-0.2, -0.15) is 0 Å². The summed E-state index contributed by atoms with van der Waals surface area (Å²) in [4.78, 5) is 22.0. The van der Waals surface area contributed by atoms with E-state index in [1.807, 2.05) is 0 Å². The quantitative estimate of drug-likeness (QED) is 0.264. The second kappa shape index (κ2) is 7.94. The van der Waals surface area contributed by atoms with Crippen LogP contribution in [-0.4, -0.2) is 10.9 Å². The van der Waals surface area contributed by atoms with Gasteiger partial charge in [-0.15, -0.1) is 0 Å². The first kappa shape index (κ1) is 16.6. The van der Waals surface area contributed by atoms with Crippen molar-refractivity contribution in [3.05, 3.63) is 63.6 Å². The molecule has 0 amide bonds. The molecule has 0 N–H and O–H groups in total. The van der Waals surface area contributed by atoms with Crippen LogP contribution in [0.5, 0.6) is 5.75 Å². The number of rotatable bonds is 6. The molecule has 0 aliphatic heterocycles. The van der Waals surface area contributed by atoms with E-state index < -0.39 is 16.7 Å². The molecule has 0 fully saturated rings. The summed E-state index contributed by atoms with van der Waals surface area (Å²) in [5.74, 6) is -0.710. The third-order valence-electron chi connectivity index (χ3n) is 2.79. The Morgan fingerprint density at radius 2 is 1.86 bits per heavy atom. The van der Waals surface area contributed by atoms with Gasteiger partial charge in [-0.05, 0) is 50.6 Å². The Hall–Kier alpha value is -2.50. The van der Waals surface area contributed by atoms with Gasteiger partial charge in [0.05, 0.1) is 11.3 Å². The lowest BCUT2D eigenvalue weighted by atomic mass is 10.1. The minimum Gasteiger partial charge on any atom is -0.427 e. The minimum absolute atomic E-state index is 0.00221. The average Bonchev–Trinajstić information content (AvgIpc) is 2.45. The van der Waals surface area contributed by atoms with Crippen LogP contribution in [0.4, 0.5) is 4.39 Å². The topological polar surface area (TPSA) is 69.4 Å². The van der Waals surface area contributed by atoms with Crippen molar-refractivity contribution in [3.63, 3.8) is 0 Å². The van der Waals surface area contributed by atoms with Crippen LogP contribution in [-0.2, 0) is 4.79 Å². The van der Waals surface area contributed by atoms with Crippen LogP contribution in [0.2, 0.25) is 0 Å². The lowest BCUT2D eigenvalue weighted by molar-refractivity contribution is -0.421. The first-order chi connectivity index (χ1) is 9.97. The summed E-state index contributed by atoms with van der Waals surface area (Å²) in [6.07, 6.45) is 3.20. The number of nitrogens with zero attached hydrogens (tertiary/aromatic N) is 1. The Bertz CT molecular complexity index is 576. The molecule has 0 heterocycles. The monoisotopic (exact) mass is 293 g/mol. The molecule has 5 nitrogen and oxygen atoms in total. The molecule has 0 aromatic heterocycles. The van der Waals surface area contributed by atoms with E-state index in [1.165, 1.54) is 30.3 Å². The molecule has 0 atom stereocenters. The fourth-order valence-corrected chi connectivity index (χ4v) is 1.75. The van der Waals surface area contributed by atoms with E-state index in [0.29, 0.717) is 5.57 Å². The Labute approximate surface area is 121 Å². The van der Waals surface area contributed by atoms with Gasteiger partial charge in [0.2, 0.25) is 0 Å². The number of carbonyl (C=O) groups excluding carboxylic acids is 1. The van der Waals surface area contributed by atoms with Crippen LogP contribution in [0.15, 0.2) is 47.7 Å². The maximum Gasteiger partial charge on any atom is 0.311 e. The Kier molecular flexibility index (Phi) is 6.26. The molecule has 0 unspecified atom stereocenters. The lowest BCUT2D eigenvalue weighted by Gasteiger charge is -2.06. The molecule has 21 heavy (non-hydrogen) atoms. The van der Waals surface area contributed by atoms with Gasteiger partial charge in [0.1, 0.15) is 11.6 Å². The maximum absolute atomic E-state index is 12.7. The zero-order valence-corrected chi connectivity index (χ0v) is 11.8. The van der Waals surface area contributed by atoms with Gasteiger partial charge in [-0.3, -0.25) is 14.9 Å². The highest BCUT2D eigenvalue weighted by molar-refractivity contribution is 5.72. The third kappa shape index (κ3) is 5.18. The molecule has 112 valence electrons. The highest BCUT2D eigenvalue weighted by atomic mass is 19.1. The molecule has 0 saturated heterocycles. The number of benzene rings is 1. The van der Waals surface area contributed by atoms with Crippen molar-refractivity contribution in [2.45, 2.75) is 26.7 Å². The molecular weight excluding hydrogens is 277 g/mol. The van der Waals surface area contributed by atoms with E-state index >= 15 is 0 Å². The van der Waals surface area contributed by atoms with Crippen LogP contribution in [0.25, 0.3) is 0 Å². The number of esters is 1. The Balaban J connectivity index is 2.59. The van der Waals surface area contributed by atoms with Gasteiger partial charge in [0, 0.05) is 5.57 Å². The number of halogens is 1. The molecule has 6 heteroatoms. The summed E-state index contributed by atoms with van der Waals surface area (Å²) in [5.41, 5.74) is 0.450. The summed E-state index contributed by atoms with van der Waals surface area (Å²) >= 11 is 0. The number of hydrogen-bond donors (Lipinski definition) is 0. The smallest absolute Gasteiger partial charge is 0.311 e. The Morgan fingerprint density at radius 1 is 1.24 bits per heavy atom. The Morgan fingerprint density at radius 3 is 2.33 bits per heavy atom. The highest BCUT2D eigenvalue weighted by Crippen LogP contribution is 2.18. The molecule has 0 aliphatic rings. The van der Waals surface area contributed by atoms with Crippen LogP contribution in [0.1, 0.15) is 26.7 Å². The molecule has 0 bridgehead atoms. The van der Waals surface area contributed by atoms with Crippen LogP contribution < -0.4 is 4.74 Å². The normalized spacial score (nSPS) is 12.1. The van der Waals surface area contributed by atoms with Gasteiger partial charge in [0.25, 0.3) is 5.70 Å². The van der Waals surface area contributed by atoms with Crippen LogP contribution >= 0.6 is 0 Å². The van der Waals surface area contributed by atoms with E-state index in [1.54, 1.807) is 19.9 Å². The van der Waals surface area contributed by atoms with Crippen LogP contribution in [0, 0.1) is 15.9 Å². The van der Waals surface area contributed by atoms with Gasteiger partial charge in [0.15, 0.2) is 0 Å². The second-order valence-electron chi connectivity index (χ2n) is 4.17. The first-order valence-electron chi connectivity index (χ1n) is 6.40. The zero-order chi connectivity index (χ0) is 15.8. The first-order valence-corrected chi connectivity index (χ1v) is 6.40. The number of hydrogen-bond acceptors (Lipinski definition) is 4. The SMILES string of the molecule is C/C=C(CCC(=O)Oc1ccc(F)cc1)\C(=C/C)[N+](=O)[O-]. The number of allylic oxidation sites excluding steroid dienone is 3. The van der Waals surface area contributed by atoms with E-state index in [-0.39, 0.29) is 24.3 Å². The van der Waals surface area contributed by atoms with Gasteiger partial charge in [-0.1, -0.05) is 6.08 Å². The predicted molar refractivity (Wildman–Crippen MR) is 75.8 cm³/mol. The maximum atomic E-state index is 12.7. The number of nitro groups is 1. The standard InChI is InChI=1S/C15H16FNO4/c1-3-11(14(4-2)17(19)20)5-10-15(18)21-13-8-6-12(16)7-9-13/h3-4,6-9H,5,10H2,1-2H3/b11-3-,14-4+. The van der Waals surface area contributed by atoms with Crippen molar-refractivity contribution in [1.29, 1.82) is 0 Å². The molecular formula is C15H16FNO4. The molecule has 1 rings (SSSR count). The van der Waals surface area contributed by atoms with Crippen molar-refractivity contribution in [3.8, 4) is 5.75 Å². The molecule has 0 spiro atoms. The fourth-order valence-electron chi connectivity index (χ4n) is 1.75. The van der Waals surface area contributed by atoms with Gasteiger partial charge >= 0.3 is 5.97 Å². The average molecular weight is 293 g/mol. The van der Waals surface area contributed by atoms with Crippen molar-refractivity contribution in [1.82, 2.24) is 0 Å². The lowest BCUT2D eigenvalue weighted by Crippen LogP contribution is -2.10. The molecule has 1 aromatic carbocycles. The highest BCUT2D eigenvalue weighted by Gasteiger charge is 2.17. The molecule has 1 aromatic rings. The van der Waals surface area contributed by atoms with Crippen molar-refractivity contribution < 1.29 is 18.8 Å². The summed E-state index contributed by atoms with van der Waals surface area (Å²) in [7, 11) is 0. The molecule has 0 aliphatic carbocycles. The summed E-state index contributed by atoms with van der Waals surface area (Å²) < 4.78 is 17.7.